The summed E-state index contributed by atoms with van der Waals surface area (Å²) in [6.45, 7) is 3.64. The number of carboxylic acid groups (broad SMARTS) is 1. The summed E-state index contributed by atoms with van der Waals surface area (Å²) in [4.78, 5) is 25.5. The maximum absolute atomic E-state index is 12.9. The van der Waals surface area contributed by atoms with Crippen molar-refractivity contribution in [3.8, 4) is 0 Å². The van der Waals surface area contributed by atoms with E-state index >= 15 is 0 Å². The van der Waals surface area contributed by atoms with Gasteiger partial charge in [-0.15, -0.1) is 0 Å². The summed E-state index contributed by atoms with van der Waals surface area (Å²) < 4.78 is 0.971. The van der Waals surface area contributed by atoms with Crippen LogP contribution in [0.15, 0.2) is 28.7 Å². The van der Waals surface area contributed by atoms with Gasteiger partial charge in [0.25, 0.3) is 0 Å². The number of carboxylic acids is 1. The van der Waals surface area contributed by atoms with E-state index in [2.05, 4.69) is 15.9 Å². The van der Waals surface area contributed by atoms with Gasteiger partial charge in [-0.3, -0.25) is 9.59 Å². The lowest BCUT2D eigenvalue weighted by molar-refractivity contribution is -0.147. The van der Waals surface area contributed by atoms with Crippen molar-refractivity contribution >= 4 is 27.8 Å². The van der Waals surface area contributed by atoms with Gasteiger partial charge in [0.1, 0.15) is 6.54 Å². The van der Waals surface area contributed by atoms with Crippen LogP contribution in [0.1, 0.15) is 38.7 Å². The molecule has 1 amide bonds. The van der Waals surface area contributed by atoms with Crippen molar-refractivity contribution in [3.05, 3.63) is 34.3 Å². The molecule has 1 N–H and O–H groups in total. The fraction of sp³-hybridized carbons (Fsp3) is 0.500. The highest BCUT2D eigenvalue weighted by Gasteiger charge is 2.53. The first kappa shape index (κ1) is 16.0. The molecule has 1 aromatic rings. The molecular weight excluding hydrogens is 334 g/mol. The number of benzene rings is 1. The molecule has 0 heterocycles. The predicted octanol–water partition coefficient (Wildman–Crippen LogP) is 3.19. The second kappa shape index (κ2) is 6.18. The van der Waals surface area contributed by atoms with Crippen LogP contribution in [-0.4, -0.2) is 34.5 Å². The molecule has 4 nitrogen and oxygen atoms in total. The van der Waals surface area contributed by atoms with E-state index in [9.17, 15) is 9.59 Å². The highest BCUT2D eigenvalue weighted by molar-refractivity contribution is 9.10. The monoisotopic (exact) mass is 353 g/mol. The normalized spacial score (nSPS) is 17.1. The molecule has 1 atom stereocenters. The smallest absolute Gasteiger partial charge is 0.323 e. The average molecular weight is 354 g/mol. The number of hydrogen-bond donors (Lipinski definition) is 1. The van der Waals surface area contributed by atoms with Gasteiger partial charge in [0.2, 0.25) is 5.91 Å². The van der Waals surface area contributed by atoms with E-state index in [-0.39, 0.29) is 18.5 Å². The summed E-state index contributed by atoms with van der Waals surface area (Å²) in [6.07, 6.45) is 2.33. The standard InChI is InChI=1S/C16H20BrNO3/c1-3-11(2)18(10-14(19)20)15(21)16(8-9-16)12-4-6-13(17)7-5-12/h4-7,11H,3,8-10H2,1-2H3,(H,19,20). The zero-order valence-corrected chi connectivity index (χ0v) is 13.9. The zero-order chi connectivity index (χ0) is 15.6. The van der Waals surface area contributed by atoms with Gasteiger partial charge in [-0.1, -0.05) is 35.0 Å². The van der Waals surface area contributed by atoms with E-state index in [4.69, 9.17) is 5.11 Å². The molecular formula is C16H20BrNO3. The number of hydrogen-bond acceptors (Lipinski definition) is 2. The first-order valence-corrected chi connectivity index (χ1v) is 7.99. The van der Waals surface area contributed by atoms with Crippen LogP contribution in [0.2, 0.25) is 0 Å². The zero-order valence-electron chi connectivity index (χ0n) is 12.3. The number of amides is 1. The summed E-state index contributed by atoms with van der Waals surface area (Å²) in [5.74, 6) is -1.02. The molecule has 1 aliphatic rings. The van der Waals surface area contributed by atoms with Crippen LogP contribution in [0.25, 0.3) is 0 Å². The Bertz CT molecular complexity index is 537. The first-order chi connectivity index (χ1) is 9.90. The van der Waals surface area contributed by atoms with Crippen LogP contribution in [-0.2, 0) is 15.0 Å². The van der Waals surface area contributed by atoms with Crippen LogP contribution in [0.3, 0.4) is 0 Å². The molecule has 0 radical (unpaired) electrons. The van der Waals surface area contributed by atoms with Crippen molar-refractivity contribution in [2.24, 2.45) is 0 Å². The number of carbonyl (C=O) groups excluding carboxylic acids is 1. The second-order valence-corrected chi connectivity index (χ2v) is 6.59. The number of halogens is 1. The van der Waals surface area contributed by atoms with E-state index in [1.807, 2.05) is 38.1 Å². The summed E-state index contributed by atoms with van der Waals surface area (Å²) in [5, 5.41) is 9.07. The van der Waals surface area contributed by atoms with E-state index < -0.39 is 11.4 Å². The van der Waals surface area contributed by atoms with Gasteiger partial charge in [-0.05, 0) is 43.9 Å². The number of carbonyl (C=O) groups is 2. The van der Waals surface area contributed by atoms with Crippen LogP contribution in [0.4, 0.5) is 0 Å². The minimum atomic E-state index is -0.963. The Labute approximate surface area is 133 Å². The Hall–Kier alpha value is -1.36. The lowest BCUT2D eigenvalue weighted by Crippen LogP contribution is -2.46. The van der Waals surface area contributed by atoms with Crippen molar-refractivity contribution in [1.29, 1.82) is 0 Å². The third-order valence-corrected chi connectivity index (χ3v) is 4.77. The van der Waals surface area contributed by atoms with Gasteiger partial charge in [0.15, 0.2) is 0 Å². The molecule has 1 unspecified atom stereocenters. The fourth-order valence-electron chi connectivity index (χ4n) is 2.59. The third kappa shape index (κ3) is 3.28. The molecule has 5 heteroatoms. The van der Waals surface area contributed by atoms with Gasteiger partial charge in [-0.25, -0.2) is 0 Å². The molecule has 0 aliphatic heterocycles. The first-order valence-electron chi connectivity index (χ1n) is 7.19. The maximum Gasteiger partial charge on any atom is 0.323 e. The van der Waals surface area contributed by atoms with E-state index in [1.165, 1.54) is 4.90 Å². The quantitative estimate of drug-likeness (QED) is 0.854. The molecule has 1 saturated carbocycles. The molecule has 0 bridgehead atoms. The molecule has 2 rings (SSSR count). The van der Waals surface area contributed by atoms with Crippen molar-refractivity contribution in [2.45, 2.75) is 44.6 Å². The Morgan fingerprint density at radius 2 is 1.90 bits per heavy atom. The summed E-state index contributed by atoms with van der Waals surface area (Å²) in [5.41, 5.74) is 0.467. The second-order valence-electron chi connectivity index (χ2n) is 5.67. The number of nitrogens with zero attached hydrogens (tertiary/aromatic N) is 1. The van der Waals surface area contributed by atoms with Crippen LogP contribution < -0.4 is 0 Å². The van der Waals surface area contributed by atoms with Crippen molar-refractivity contribution < 1.29 is 14.7 Å². The molecule has 21 heavy (non-hydrogen) atoms. The molecule has 0 aromatic heterocycles. The Morgan fingerprint density at radius 3 is 2.33 bits per heavy atom. The minimum Gasteiger partial charge on any atom is -0.480 e. The van der Waals surface area contributed by atoms with E-state index in [1.54, 1.807) is 0 Å². The largest absolute Gasteiger partial charge is 0.480 e. The minimum absolute atomic E-state index is 0.0541. The number of rotatable bonds is 6. The third-order valence-electron chi connectivity index (χ3n) is 4.25. The van der Waals surface area contributed by atoms with Gasteiger partial charge >= 0.3 is 5.97 Å². The lowest BCUT2D eigenvalue weighted by atomic mass is 9.93. The van der Waals surface area contributed by atoms with Crippen LogP contribution in [0.5, 0.6) is 0 Å². The molecule has 114 valence electrons. The van der Waals surface area contributed by atoms with E-state index in [0.717, 1.165) is 29.3 Å². The maximum atomic E-state index is 12.9. The molecule has 1 fully saturated rings. The van der Waals surface area contributed by atoms with E-state index in [0.29, 0.717) is 0 Å². The fourth-order valence-corrected chi connectivity index (χ4v) is 2.85. The number of aliphatic carboxylic acids is 1. The summed E-state index contributed by atoms with van der Waals surface area (Å²) >= 11 is 3.39. The predicted molar refractivity (Wildman–Crippen MR) is 84.2 cm³/mol. The summed E-state index contributed by atoms with van der Waals surface area (Å²) in [6, 6.07) is 7.68. The van der Waals surface area contributed by atoms with Gasteiger partial charge in [-0.2, -0.15) is 0 Å². The lowest BCUT2D eigenvalue weighted by Gasteiger charge is -2.31. The highest BCUT2D eigenvalue weighted by atomic mass is 79.9. The molecule has 0 spiro atoms. The van der Waals surface area contributed by atoms with Crippen LogP contribution in [0, 0.1) is 0 Å². The molecule has 1 aromatic carbocycles. The average Bonchev–Trinajstić information content (AvgIpc) is 3.25. The topological polar surface area (TPSA) is 57.6 Å². The Balaban J connectivity index is 2.27. The van der Waals surface area contributed by atoms with Gasteiger partial charge in [0.05, 0.1) is 5.41 Å². The van der Waals surface area contributed by atoms with Crippen LogP contribution >= 0.6 is 15.9 Å². The molecule has 1 aliphatic carbocycles. The van der Waals surface area contributed by atoms with Crippen molar-refractivity contribution in [3.63, 3.8) is 0 Å². The van der Waals surface area contributed by atoms with Crippen molar-refractivity contribution in [1.82, 2.24) is 4.90 Å². The van der Waals surface area contributed by atoms with Gasteiger partial charge < -0.3 is 10.0 Å². The molecule has 0 saturated heterocycles. The SMILES string of the molecule is CCC(C)N(CC(=O)O)C(=O)C1(c2ccc(Br)cc2)CC1. The van der Waals surface area contributed by atoms with Gasteiger partial charge in [0, 0.05) is 10.5 Å². The highest BCUT2D eigenvalue weighted by Crippen LogP contribution is 2.50. The Kier molecular flexibility index (Phi) is 4.71. The summed E-state index contributed by atoms with van der Waals surface area (Å²) in [7, 11) is 0. The Morgan fingerprint density at radius 1 is 1.33 bits per heavy atom. The van der Waals surface area contributed by atoms with Crippen molar-refractivity contribution in [2.75, 3.05) is 6.54 Å².